The van der Waals surface area contributed by atoms with Gasteiger partial charge in [0.25, 0.3) is 0 Å². The van der Waals surface area contributed by atoms with Gasteiger partial charge >= 0.3 is 5.97 Å². The van der Waals surface area contributed by atoms with E-state index in [4.69, 9.17) is 0 Å². The zero-order valence-corrected chi connectivity index (χ0v) is 10.1. The molecule has 1 aliphatic rings. The number of hydrogen-bond acceptors (Lipinski definition) is 5. The largest absolute Gasteiger partial charge is 0.469 e. The maximum Gasteiger partial charge on any atom is 0.306 e. The van der Waals surface area contributed by atoms with Crippen LogP contribution in [0.4, 0.5) is 0 Å². The highest BCUT2D eigenvalue weighted by Gasteiger charge is 2.14. The summed E-state index contributed by atoms with van der Waals surface area (Å²) in [7, 11) is 1.40. The van der Waals surface area contributed by atoms with Crippen molar-refractivity contribution >= 4 is 5.97 Å². The van der Waals surface area contributed by atoms with E-state index in [1.165, 1.54) is 20.0 Å². The molecular formula is C11H18N4O2. The van der Waals surface area contributed by atoms with Gasteiger partial charge in [-0.2, -0.15) is 0 Å². The Morgan fingerprint density at radius 2 is 2.35 bits per heavy atom. The summed E-state index contributed by atoms with van der Waals surface area (Å²) in [6.45, 7) is 2.27. The lowest BCUT2D eigenvalue weighted by molar-refractivity contribution is -0.140. The number of aromatic nitrogens is 3. The first-order valence-corrected chi connectivity index (χ1v) is 5.99. The van der Waals surface area contributed by atoms with Gasteiger partial charge in [0.15, 0.2) is 0 Å². The van der Waals surface area contributed by atoms with Gasteiger partial charge in [0.05, 0.1) is 20.1 Å². The number of nitrogens with one attached hydrogen (secondary N) is 1. The average Bonchev–Trinajstić information content (AvgIpc) is 2.78. The molecule has 0 radical (unpaired) electrons. The van der Waals surface area contributed by atoms with Crippen molar-refractivity contribution in [2.24, 2.45) is 0 Å². The van der Waals surface area contributed by atoms with Gasteiger partial charge in [0.1, 0.15) is 11.6 Å². The topological polar surface area (TPSA) is 69.0 Å². The average molecular weight is 238 g/mol. The number of carbonyl (C=O) groups excluding carboxylic acids is 1. The van der Waals surface area contributed by atoms with E-state index in [-0.39, 0.29) is 5.97 Å². The molecule has 0 fully saturated rings. The fraction of sp³-hybridized carbons (Fsp3) is 0.727. The molecule has 6 heteroatoms. The number of hydrogen-bond donors (Lipinski definition) is 1. The highest BCUT2D eigenvalue weighted by molar-refractivity contribution is 5.69. The number of methoxy groups -OCH3 is 1. The molecule has 0 unspecified atom stereocenters. The normalized spacial score (nSPS) is 14.4. The molecule has 6 nitrogen and oxygen atoms in total. The Bertz CT molecular complexity index is 389. The lowest BCUT2D eigenvalue weighted by Crippen LogP contribution is -2.22. The van der Waals surface area contributed by atoms with Gasteiger partial charge in [-0.15, -0.1) is 10.2 Å². The highest BCUT2D eigenvalue weighted by Crippen LogP contribution is 2.13. The van der Waals surface area contributed by atoms with Gasteiger partial charge in [0.2, 0.25) is 0 Å². The van der Waals surface area contributed by atoms with Crippen LogP contribution in [0.25, 0.3) is 0 Å². The predicted octanol–water partition coefficient (Wildman–Crippen LogP) is 0.267. The van der Waals surface area contributed by atoms with Crippen LogP contribution < -0.4 is 5.32 Å². The smallest absolute Gasteiger partial charge is 0.306 e. The third-order valence-corrected chi connectivity index (χ3v) is 2.95. The molecule has 0 aromatic carbocycles. The number of nitrogens with zero attached hydrogens (tertiary/aromatic N) is 3. The maximum atomic E-state index is 10.9. The number of aryl methyl sites for hydroxylation is 1. The van der Waals surface area contributed by atoms with Crippen molar-refractivity contribution in [2.75, 3.05) is 13.7 Å². The molecule has 0 aliphatic carbocycles. The van der Waals surface area contributed by atoms with Crippen molar-refractivity contribution in [3.63, 3.8) is 0 Å². The third kappa shape index (κ3) is 3.03. The van der Waals surface area contributed by atoms with Gasteiger partial charge in [-0.3, -0.25) is 4.79 Å². The van der Waals surface area contributed by atoms with E-state index < -0.39 is 0 Å². The Balaban J connectivity index is 1.79. The lowest BCUT2D eigenvalue weighted by atomic mass is 10.2. The standard InChI is InChI=1S/C11H18N4O2/c1-17-11(16)5-6-12-8-10-14-13-9-4-2-3-7-15(9)10/h12H,2-8H2,1H3. The molecule has 0 saturated heterocycles. The summed E-state index contributed by atoms with van der Waals surface area (Å²) in [4.78, 5) is 10.9. The van der Waals surface area contributed by atoms with Crippen LogP contribution in [0.15, 0.2) is 0 Å². The zero-order chi connectivity index (χ0) is 12.1. The van der Waals surface area contributed by atoms with Gasteiger partial charge in [-0.1, -0.05) is 0 Å². The summed E-state index contributed by atoms with van der Waals surface area (Å²) >= 11 is 0. The first-order valence-electron chi connectivity index (χ1n) is 5.99. The lowest BCUT2D eigenvalue weighted by Gasteiger charge is -2.14. The Morgan fingerprint density at radius 1 is 1.47 bits per heavy atom. The second kappa shape index (κ2) is 5.77. The second-order valence-electron chi connectivity index (χ2n) is 4.14. The SMILES string of the molecule is COC(=O)CCNCc1nnc2n1CCCC2. The number of rotatable bonds is 5. The van der Waals surface area contributed by atoms with Crippen molar-refractivity contribution in [3.8, 4) is 0 Å². The van der Waals surface area contributed by atoms with Crippen molar-refractivity contribution in [2.45, 2.75) is 38.8 Å². The van der Waals surface area contributed by atoms with Crippen LogP contribution in [0.1, 0.15) is 30.9 Å². The molecule has 2 heterocycles. The van der Waals surface area contributed by atoms with Gasteiger partial charge < -0.3 is 14.6 Å². The maximum absolute atomic E-state index is 10.9. The van der Waals surface area contributed by atoms with Gasteiger partial charge in [-0.05, 0) is 12.8 Å². The van der Waals surface area contributed by atoms with Crippen molar-refractivity contribution in [1.29, 1.82) is 0 Å². The van der Waals surface area contributed by atoms with Crippen LogP contribution in [0.5, 0.6) is 0 Å². The molecule has 17 heavy (non-hydrogen) atoms. The summed E-state index contributed by atoms with van der Waals surface area (Å²) in [6.07, 6.45) is 3.81. The van der Waals surface area contributed by atoms with E-state index in [0.29, 0.717) is 19.5 Å². The number of fused-ring (bicyclic) bond motifs is 1. The minimum Gasteiger partial charge on any atom is -0.469 e. The number of carbonyl (C=O) groups is 1. The van der Waals surface area contributed by atoms with Crippen molar-refractivity contribution in [1.82, 2.24) is 20.1 Å². The van der Waals surface area contributed by atoms with Crippen LogP contribution >= 0.6 is 0 Å². The molecule has 1 aromatic heterocycles. The first kappa shape index (κ1) is 12.0. The van der Waals surface area contributed by atoms with Crippen LogP contribution in [0.3, 0.4) is 0 Å². The summed E-state index contributed by atoms with van der Waals surface area (Å²) in [5.74, 6) is 1.85. The Labute approximate surface area is 100 Å². The molecule has 0 spiro atoms. The molecule has 1 aromatic rings. The van der Waals surface area contributed by atoms with E-state index in [0.717, 1.165) is 24.6 Å². The molecule has 2 rings (SSSR count). The van der Waals surface area contributed by atoms with Crippen LogP contribution in [0.2, 0.25) is 0 Å². The molecule has 1 aliphatic heterocycles. The van der Waals surface area contributed by atoms with E-state index >= 15 is 0 Å². The van der Waals surface area contributed by atoms with Crippen LogP contribution in [0, 0.1) is 0 Å². The summed E-state index contributed by atoms with van der Waals surface area (Å²) in [5.41, 5.74) is 0. The first-order chi connectivity index (χ1) is 8.31. The number of ether oxygens (including phenoxy) is 1. The monoisotopic (exact) mass is 238 g/mol. The zero-order valence-electron chi connectivity index (χ0n) is 10.1. The predicted molar refractivity (Wildman–Crippen MR) is 61.3 cm³/mol. The van der Waals surface area contributed by atoms with Crippen LogP contribution in [-0.2, 0) is 29.0 Å². The Hall–Kier alpha value is -1.43. The van der Waals surface area contributed by atoms with Crippen molar-refractivity contribution < 1.29 is 9.53 Å². The Kier molecular flexibility index (Phi) is 4.08. The quantitative estimate of drug-likeness (QED) is 0.589. The van der Waals surface area contributed by atoms with E-state index in [2.05, 4.69) is 24.8 Å². The molecular weight excluding hydrogens is 220 g/mol. The fourth-order valence-electron chi connectivity index (χ4n) is 1.99. The van der Waals surface area contributed by atoms with E-state index in [1.807, 2.05) is 0 Å². The summed E-state index contributed by atoms with van der Waals surface area (Å²) in [5, 5.41) is 11.5. The molecule has 94 valence electrons. The molecule has 0 atom stereocenters. The van der Waals surface area contributed by atoms with E-state index in [9.17, 15) is 4.79 Å². The van der Waals surface area contributed by atoms with E-state index in [1.54, 1.807) is 0 Å². The van der Waals surface area contributed by atoms with Gasteiger partial charge in [0, 0.05) is 19.5 Å². The summed E-state index contributed by atoms with van der Waals surface area (Å²) < 4.78 is 6.74. The molecule has 1 N–H and O–H groups in total. The van der Waals surface area contributed by atoms with Gasteiger partial charge in [-0.25, -0.2) is 0 Å². The van der Waals surface area contributed by atoms with Crippen LogP contribution in [-0.4, -0.2) is 34.4 Å². The number of esters is 1. The highest BCUT2D eigenvalue weighted by atomic mass is 16.5. The molecule has 0 amide bonds. The Morgan fingerprint density at radius 3 is 3.18 bits per heavy atom. The molecule has 0 saturated carbocycles. The van der Waals surface area contributed by atoms with Crippen molar-refractivity contribution in [3.05, 3.63) is 11.6 Å². The second-order valence-corrected chi connectivity index (χ2v) is 4.14. The fourth-order valence-corrected chi connectivity index (χ4v) is 1.99. The summed E-state index contributed by atoms with van der Waals surface area (Å²) in [6, 6.07) is 0. The minimum atomic E-state index is -0.194. The molecule has 0 bridgehead atoms. The third-order valence-electron chi connectivity index (χ3n) is 2.95. The minimum absolute atomic E-state index is 0.194.